The molecule has 0 saturated carbocycles. The van der Waals surface area contributed by atoms with Crippen molar-refractivity contribution in [2.24, 2.45) is 0 Å². The number of methoxy groups -OCH3 is 1. The van der Waals surface area contributed by atoms with Crippen LogP contribution in [0.1, 0.15) is 20.7 Å². The fourth-order valence-corrected chi connectivity index (χ4v) is 3.44. The minimum absolute atomic E-state index is 0.311. The zero-order valence-corrected chi connectivity index (χ0v) is 14.8. The van der Waals surface area contributed by atoms with E-state index < -0.39 is 0 Å². The van der Waals surface area contributed by atoms with Gasteiger partial charge in [-0.2, -0.15) is 0 Å². The van der Waals surface area contributed by atoms with E-state index in [0.717, 1.165) is 16.5 Å². The van der Waals surface area contributed by atoms with Crippen LogP contribution < -0.4 is 14.5 Å². The summed E-state index contributed by atoms with van der Waals surface area (Å²) >= 11 is 0. The minimum atomic E-state index is -0.311. The number of carbonyl (C=O) groups is 2. The van der Waals surface area contributed by atoms with Crippen LogP contribution in [0.2, 0.25) is 0 Å². The fraction of sp³-hybridized carbons (Fsp3) is 0.143. The summed E-state index contributed by atoms with van der Waals surface area (Å²) in [6, 6.07) is 16.2. The Morgan fingerprint density at radius 2 is 1.50 bits per heavy atom. The molecule has 5 nitrogen and oxygen atoms in total. The van der Waals surface area contributed by atoms with Gasteiger partial charge in [0, 0.05) is 41.7 Å². The van der Waals surface area contributed by atoms with E-state index in [1.165, 1.54) is 4.90 Å². The second-order valence-corrected chi connectivity index (χ2v) is 6.40. The summed E-state index contributed by atoms with van der Waals surface area (Å²) < 4.78 is 5.16. The van der Waals surface area contributed by atoms with Gasteiger partial charge < -0.3 is 9.64 Å². The van der Waals surface area contributed by atoms with Gasteiger partial charge in [-0.3, -0.25) is 9.59 Å². The van der Waals surface area contributed by atoms with Gasteiger partial charge in [0.25, 0.3) is 11.8 Å². The number of benzene rings is 3. The van der Waals surface area contributed by atoms with Crippen LogP contribution in [0.5, 0.6) is 5.75 Å². The normalized spacial score (nSPS) is 13.3. The van der Waals surface area contributed by atoms with Crippen LogP contribution in [0.3, 0.4) is 0 Å². The number of ether oxygens (including phenoxy) is 1. The molecular weight excluding hydrogens is 328 g/mol. The lowest BCUT2D eigenvalue weighted by Gasteiger charge is -2.28. The fourth-order valence-electron chi connectivity index (χ4n) is 3.44. The lowest BCUT2D eigenvalue weighted by atomic mass is 9.92. The van der Waals surface area contributed by atoms with Crippen molar-refractivity contribution in [2.45, 2.75) is 0 Å². The van der Waals surface area contributed by atoms with Crippen LogP contribution in [0.4, 0.5) is 11.4 Å². The third-order valence-corrected chi connectivity index (χ3v) is 4.70. The van der Waals surface area contributed by atoms with Crippen molar-refractivity contribution in [3.63, 3.8) is 0 Å². The highest BCUT2D eigenvalue weighted by Crippen LogP contribution is 2.37. The molecule has 0 atom stereocenters. The lowest BCUT2D eigenvalue weighted by molar-refractivity contribution is 0.0893. The predicted octanol–water partition coefficient (Wildman–Crippen LogP) is 3.72. The van der Waals surface area contributed by atoms with Crippen LogP contribution in [-0.2, 0) is 0 Å². The molecular formula is C21H18N2O3. The van der Waals surface area contributed by atoms with Crippen molar-refractivity contribution in [1.82, 2.24) is 0 Å². The summed E-state index contributed by atoms with van der Waals surface area (Å²) in [4.78, 5) is 29.4. The van der Waals surface area contributed by atoms with Gasteiger partial charge in [0.15, 0.2) is 0 Å². The highest BCUT2D eigenvalue weighted by Gasteiger charge is 2.34. The van der Waals surface area contributed by atoms with E-state index in [1.807, 2.05) is 37.2 Å². The van der Waals surface area contributed by atoms with Crippen LogP contribution in [0.25, 0.3) is 10.8 Å². The van der Waals surface area contributed by atoms with Crippen molar-refractivity contribution < 1.29 is 14.3 Å². The third-order valence-electron chi connectivity index (χ3n) is 4.70. The highest BCUT2D eigenvalue weighted by atomic mass is 16.5. The smallest absolute Gasteiger partial charge is 0.265 e. The van der Waals surface area contributed by atoms with Gasteiger partial charge in [-0.15, -0.1) is 0 Å². The van der Waals surface area contributed by atoms with Crippen molar-refractivity contribution in [3.05, 3.63) is 65.7 Å². The van der Waals surface area contributed by atoms with Gasteiger partial charge in [-0.05, 0) is 42.5 Å². The summed E-state index contributed by atoms with van der Waals surface area (Å²) in [5.74, 6) is 0.0483. The maximum absolute atomic E-state index is 13.1. The van der Waals surface area contributed by atoms with Crippen molar-refractivity contribution in [3.8, 4) is 5.75 Å². The number of imide groups is 1. The maximum Gasteiger partial charge on any atom is 0.265 e. The molecule has 4 rings (SSSR count). The van der Waals surface area contributed by atoms with Crippen molar-refractivity contribution in [2.75, 3.05) is 31.0 Å². The van der Waals surface area contributed by atoms with Crippen LogP contribution in [-0.4, -0.2) is 33.0 Å². The van der Waals surface area contributed by atoms with Gasteiger partial charge >= 0.3 is 0 Å². The van der Waals surface area contributed by atoms with E-state index in [1.54, 1.807) is 43.5 Å². The van der Waals surface area contributed by atoms with Gasteiger partial charge in [0.1, 0.15) is 5.75 Å². The molecule has 1 aliphatic rings. The zero-order valence-electron chi connectivity index (χ0n) is 14.8. The number of carbonyl (C=O) groups excluding carboxylic acids is 2. The lowest BCUT2D eigenvalue weighted by Crippen LogP contribution is -2.40. The van der Waals surface area contributed by atoms with Gasteiger partial charge in [0.2, 0.25) is 0 Å². The Labute approximate surface area is 151 Å². The second-order valence-electron chi connectivity index (χ2n) is 6.40. The summed E-state index contributed by atoms with van der Waals surface area (Å²) in [6.45, 7) is 0. The average Bonchev–Trinajstić information content (AvgIpc) is 2.66. The van der Waals surface area contributed by atoms with Gasteiger partial charge in [-0.25, -0.2) is 4.90 Å². The molecule has 5 heteroatoms. The van der Waals surface area contributed by atoms with E-state index in [2.05, 4.69) is 0 Å². The molecule has 0 saturated heterocycles. The molecule has 130 valence electrons. The quantitative estimate of drug-likeness (QED) is 0.678. The largest absolute Gasteiger partial charge is 0.497 e. The van der Waals surface area contributed by atoms with Gasteiger partial charge in [-0.1, -0.05) is 12.1 Å². The Hall–Kier alpha value is -3.34. The first kappa shape index (κ1) is 16.1. The monoisotopic (exact) mass is 346 g/mol. The Bertz CT molecular complexity index is 1020. The SMILES string of the molecule is COc1ccc(N2C(=O)c3cccc4c(N(C)C)ccc(c34)C2=O)cc1. The summed E-state index contributed by atoms with van der Waals surface area (Å²) in [6.07, 6.45) is 0. The molecule has 3 aromatic rings. The number of amides is 2. The highest BCUT2D eigenvalue weighted by molar-refractivity contribution is 6.36. The Morgan fingerprint density at radius 3 is 2.12 bits per heavy atom. The topological polar surface area (TPSA) is 49.9 Å². The molecule has 0 aromatic heterocycles. The molecule has 0 N–H and O–H groups in total. The van der Waals surface area contributed by atoms with E-state index >= 15 is 0 Å². The summed E-state index contributed by atoms with van der Waals surface area (Å²) in [7, 11) is 5.46. The standard InChI is InChI=1S/C21H18N2O3/c1-22(2)18-12-11-17-19-15(18)5-4-6-16(19)20(24)23(21(17)25)13-7-9-14(26-3)10-8-13/h4-12H,1-3H3. The number of hydrogen-bond donors (Lipinski definition) is 0. The molecule has 0 unspecified atom stereocenters. The van der Waals surface area contributed by atoms with Crippen molar-refractivity contribution >= 4 is 34.0 Å². The van der Waals surface area contributed by atoms with Crippen LogP contribution in [0.15, 0.2) is 54.6 Å². The molecule has 3 aromatic carbocycles. The first-order valence-electron chi connectivity index (χ1n) is 8.29. The summed E-state index contributed by atoms with van der Waals surface area (Å²) in [5, 5.41) is 1.62. The molecule has 2 amide bonds. The number of anilines is 2. The molecule has 0 fully saturated rings. The van der Waals surface area contributed by atoms with Crippen molar-refractivity contribution in [1.29, 1.82) is 0 Å². The summed E-state index contributed by atoms with van der Waals surface area (Å²) in [5.41, 5.74) is 2.58. The van der Waals surface area contributed by atoms with E-state index in [9.17, 15) is 9.59 Å². The number of hydrogen-bond acceptors (Lipinski definition) is 4. The molecule has 0 spiro atoms. The molecule has 0 bridgehead atoms. The first-order valence-corrected chi connectivity index (χ1v) is 8.29. The average molecular weight is 346 g/mol. The predicted molar refractivity (Wildman–Crippen MR) is 102 cm³/mol. The van der Waals surface area contributed by atoms with Crippen LogP contribution >= 0.6 is 0 Å². The number of nitrogens with zero attached hydrogens (tertiary/aromatic N) is 2. The Morgan fingerprint density at radius 1 is 0.846 bits per heavy atom. The Balaban J connectivity index is 1.92. The van der Waals surface area contributed by atoms with Gasteiger partial charge in [0.05, 0.1) is 12.8 Å². The van der Waals surface area contributed by atoms with E-state index in [0.29, 0.717) is 22.6 Å². The maximum atomic E-state index is 13.1. The third kappa shape index (κ3) is 2.24. The van der Waals surface area contributed by atoms with E-state index in [4.69, 9.17) is 4.74 Å². The minimum Gasteiger partial charge on any atom is -0.497 e. The molecule has 1 aliphatic heterocycles. The Kier molecular flexibility index (Phi) is 3.65. The molecule has 0 radical (unpaired) electrons. The first-order chi connectivity index (χ1) is 12.5. The molecule has 26 heavy (non-hydrogen) atoms. The number of rotatable bonds is 3. The van der Waals surface area contributed by atoms with Crippen LogP contribution in [0, 0.1) is 0 Å². The second kappa shape index (κ2) is 5.88. The molecule has 1 heterocycles. The zero-order chi connectivity index (χ0) is 18.4. The molecule has 0 aliphatic carbocycles. The van der Waals surface area contributed by atoms with E-state index in [-0.39, 0.29) is 11.8 Å².